The number of nitrogens with one attached hydrogen (secondary N) is 1. The number of aliphatic hydroxyl groups is 3. The molecule has 4 heteroatoms. The maximum Gasteiger partial charge on any atom is 0.0894 e. The van der Waals surface area contributed by atoms with Gasteiger partial charge in [-0.15, -0.1) is 0 Å². The predicted molar refractivity (Wildman–Crippen MR) is 53.9 cm³/mol. The third kappa shape index (κ3) is 3.20. The van der Waals surface area contributed by atoms with Gasteiger partial charge in [0, 0.05) is 25.1 Å². The molecule has 0 aromatic carbocycles. The highest BCUT2D eigenvalue weighted by Crippen LogP contribution is 2.36. The van der Waals surface area contributed by atoms with Crippen molar-refractivity contribution in [2.24, 2.45) is 5.41 Å². The van der Waals surface area contributed by atoms with Gasteiger partial charge in [0.15, 0.2) is 0 Å². The largest absolute Gasteiger partial charge is 0.396 e. The van der Waals surface area contributed by atoms with Crippen molar-refractivity contribution in [3.05, 3.63) is 0 Å². The Kier molecular flexibility index (Phi) is 4.81. The third-order valence-corrected chi connectivity index (χ3v) is 3.09. The molecule has 0 aromatic heterocycles. The van der Waals surface area contributed by atoms with Gasteiger partial charge in [0.1, 0.15) is 0 Å². The SMILES string of the molecule is OCC(O)CNCC1(CO)CCCC1. The first-order chi connectivity index (χ1) is 6.72. The maximum absolute atomic E-state index is 9.29. The van der Waals surface area contributed by atoms with Crippen molar-refractivity contribution >= 4 is 0 Å². The lowest BCUT2D eigenvalue weighted by Crippen LogP contribution is -2.39. The van der Waals surface area contributed by atoms with E-state index in [9.17, 15) is 5.11 Å². The summed E-state index contributed by atoms with van der Waals surface area (Å²) in [6, 6.07) is 0. The van der Waals surface area contributed by atoms with E-state index < -0.39 is 6.10 Å². The van der Waals surface area contributed by atoms with E-state index in [4.69, 9.17) is 10.2 Å². The van der Waals surface area contributed by atoms with E-state index >= 15 is 0 Å². The van der Waals surface area contributed by atoms with E-state index in [2.05, 4.69) is 5.32 Å². The van der Waals surface area contributed by atoms with Crippen LogP contribution in [0.3, 0.4) is 0 Å². The first kappa shape index (κ1) is 11.9. The van der Waals surface area contributed by atoms with Gasteiger partial charge in [-0.3, -0.25) is 0 Å². The minimum Gasteiger partial charge on any atom is -0.396 e. The molecule has 0 aromatic rings. The lowest BCUT2D eigenvalue weighted by atomic mass is 9.87. The Labute approximate surface area is 85.0 Å². The van der Waals surface area contributed by atoms with Crippen molar-refractivity contribution < 1.29 is 15.3 Å². The molecule has 4 N–H and O–H groups in total. The maximum atomic E-state index is 9.29. The summed E-state index contributed by atoms with van der Waals surface area (Å²) in [5, 5.41) is 30.1. The predicted octanol–water partition coefficient (Wildman–Crippen LogP) is -0.518. The molecule has 0 radical (unpaired) electrons. The van der Waals surface area contributed by atoms with Crippen LogP contribution >= 0.6 is 0 Å². The monoisotopic (exact) mass is 203 g/mol. The van der Waals surface area contributed by atoms with Gasteiger partial charge in [-0.1, -0.05) is 12.8 Å². The molecule has 14 heavy (non-hydrogen) atoms. The van der Waals surface area contributed by atoms with Gasteiger partial charge in [0.2, 0.25) is 0 Å². The van der Waals surface area contributed by atoms with Crippen LogP contribution in [0, 0.1) is 5.41 Å². The van der Waals surface area contributed by atoms with Gasteiger partial charge in [-0.25, -0.2) is 0 Å². The number of hydrogen-bond donors (Lipinski definition) is 4. The molecular formula is C10H21NO3. The van der Waals surface area contributed by atoms with Crippen molar-refractivity contribution in [3.63, 3.8) is 0 Å². The van der Waals surface area contributed by atoms with E-state index in [1.807, 2.05) is 0 Å². The summed E-state index contributed by atoms with van der Waals surface area (Å²) in [6.45, 7) is 1.15. The van der Waals surface area contributed by atoms with Crippen molar-refractivity contribution in [1.82, 2.24) is 5.32 Å². The first-order valence-corrected chi connectivity index (χ1v) is 5.33. The molecule has 0 amide bonds. The Morgan fingerprint density at radius 1 is 1.21 bits per heavy atom. The smallest absolute Gasteiger partial charge is 0.0894 e. The summed E-state index contributed by atoms with van der Waals surface area (Å²) in [7, 11) is 0. The van der Waals surface area contributed by atoms with Crippen molar-refractivity contribution in [3.8, 4) is 0 Å². The molecule has 1 unspecified atom stereocenters. The molecule has 0 aliphatic heterocycles. The summed E-state index contributed by atoms with van der Waals surface area (Å²) >= 11 is 0. The summed E-state index contributed by atoms with van der Waals surface area (Å²) in [6.07, 6.45) is 3.81. The molecule has 1 aliphatic carbocycles. The standard InChI is InChI=1S/C10H21NO3/c12-6-9(14)5-11-7-10(8-13)3-1-2-4-10/h9,11-14H,1-8H2. The van der Waals surface area contributed by atoms with Crippen LogP contribution in [0.4, 0.5) is 0 Å². The zero-order chi connectivity index (χ0) is 10.4. The highest BCUT2D eigenvalue weighted by Gasteiger charge is 2.32. The average molecular weight is 203 g/mol. The lowest BCUT2D eigenvalue weighted by molar-refractivity contribution is 0.0833. The summed E-state index contributed by atoms with van der Waals surface area (Å²) in [5.41, 5.74) is 0.0230. The lowest BCUT2D eigenvalue weighted by Gasteiger charge is -2.27. The molecule has 1 rings (SSSR count). The molecule has 1 atom stereocenters. The van der Waals surface area contributed by atoms with Crippen molar-refractivity contribution in [2.75, 3.05) is 26.3 Å². The van der Waals surface area contributed by atoms with E-state index in [0.717, 1.165) is 19.4 Å². The van der Waals surface area contributed by atoms with Gasteiger partial charge in [0.25, 0.3) is 0 Å². The van der Waals surface area contributed by atoms with Gasteiger partial charge in [-0.05, 0) is 12.8 Å². The fourth-order valence-electron chi connectivity index (χ4n) is 2.08. The topological polar surface area (TPSA) is 72.7 Å². The highest BCUT2D eigenvalue weighted by atomic mass is 16.3. The normalized spacial score (nSPS) is 22.5. The Bertz CT molecular complexity index is 157. The van der Waals surface area contributed by atoms with Crippen LogP contribution in [0.1, 0.15) is 25.7 Å². The zero-order valence-corrected chi connectivity index (χ0v) is 8.58. The van der Waals surface area contributed by atoms with Crippen molar-refractivity contribution in [2.45, 2.75) is 31.8 Å². The second-order valence-electron chi connectivity index (χ2n) is 4.33. The molecule has 1 saturated carbocycles. The molecular weight excluding hydrogens is 182 g/mol. The van der Waals surface area contributed by atoms with E-state index in [0.29, 0.717) is 6.54 Å². The second-order valence-corrected chi connectivity index (χ2v) is 4.33. The first-order valence-electron chi connectivity index (χ1n) is 5.33. The summed E-state index contributed by atoms with van der Waals surface area (Å²) in [5.74, 6) is 0. The molecule has 1 fully saturated rings. The van der Waals surface area contributed by atoms with Crippen LogP contribution in [0.15, 0.2) is 0 Å². The highest BCUT2D eigenvalue weighted by molar-refractivity contribution is 4.86. The fraction of sp³-hybridized carbons (Fsp3) is 1.00. The molecule has 0 heterocycles. The van der Waals surface area contributed by atoms with Crippen LogP contribution in [0.25, 0.3) is 0 Å². The molecule has 0 saturated heterocycles. The van der Waals surface area contributed by atoms with Crippen molar-refractivity contribution in [1.29, 1.82) is 0 Å². The summed E-state index contributed by atoms with van der Waals surface area (Å²) < 4.78 is 0. The van der Waals surface area contributed by atoms with E-state index in [1.165, 1.54) is 12.8 Å². The van der Waals surface area contributed by atoms with Crippen LogP contribution in [0.2, 0.25) is 0 Å². The minimum absolute atomic E-state index is 0.0230. The van der Waals surface area contributed by atoms with E-state index in [1.54, 1.807) is 0 Å². The number of aliphatic hydroxyl groups excluding tert-OH is 3. The van der Waals surface area contributed by atoms with Crippen LogP contribution in [0.5, 0.6) is 0 Å². The molecule has 0 spiro atoms. The van der Waals surface area contributed by atoms with Crippen LogP contribution < -0.4 is 5.32 Å². The second kappa shape index (κ2) is 5.66. The minimum atomic E-state index is -0.688. The molecule has 0 bridgehead atoms. The Hall–Kier alpha value is -0.160. The zero-order valence-electron chi connectivity index (χ0n) is 8.58. The van der Waals surface area contributed by atoms with Gasteiger partial charge >= 0.3 is 0 Å². The number of rotatable bonds is 6. The summed E-state index contributed by atoms with van der Waals surface area (Å²) in [4.78, 5) is 0. The fourth-order valence-corrected chi connectivity index (χ4v) is 2.08. The Morgan fingerprint density at radius 3 is 2.36 bits per heavy atom. The van der Waals surface area contributed by atoms with Gasteiger partial charge in [-0.2, -0.15) is 0 Å². The quantitative estimate of drug-likeness (QED) is 0.469. The Balaban J connectivity index is 2.21. The van der Waals surface area contributed by atoms with E-state index in [-0.39, 0.29) is 18.6 Å². The average Bonchev–Trinajstić information content (AvgIpc) is 2.67. The number of hydrogen-bond acceptors (Lipinski definition) is 4. The molecule has 84 valence electrons. The molecule has 1 aliphatic rings. The van der Waals surface area contributed by atoms with Crippen LogP contribution in [-0.2, 0) is 0 Å². The van der Waals surface area contributed by atoms with Gasteiger partial charge in [0.05, 0.1) is 12.7 Å². The third-order valence-electron chi connectivity index (χ3n) is 3.09. The van der Waals surface area contributed by atoms with Crippen LogP contribution in [-0.4, -0.2) is 47.7 Å². The Morgan fingerprint density at radius 2 is 1.86 bits per heavy atom. The molecule has 4 nitrogen and oxygen atoms in total. The van der Waals surface area contributed by atoms with Gasteiger partial charge < -0.3 is 20.6 Å².